The van der Waals surface area contributed by atoms with Gasteiger partial charge in [0.05, 0.1) is 13.7 Å². The van der Waals surface area contributed by atoms with E-state index in [0.717, 1.165) is 24.4 Å². The summed E-state index contributed by atoms with van der Waals surface area (Å²) in [5.41, 5.74) is 0.208. The maximum atomic E-state index is 12.6. The monoisotopic (exact) mass is 325 g/mol. The van der Waals surface area contributed by atoms with Crippen LogP contribution in [0.15, 0.2) is 24.3 Å². The molecule has 2 fully saturated rings. The zero-order valence-corrected chi connectivity index (χ0v) is 13.2. The van der Waals surface area contributed by atoms with Gasteiger partial charge in [0.25, 0.3) is 5.91 Å². The van der Waals surface area contributed by atoms with E-state index in [2.05, 4.69) is 10.6 Å². The third kappa shape index (κ3) is 2.89. The minimum absolute atomic E-state index is 0. The molecule has 3 rings (SSSR count). The maximum absolute atomic E-state index is 12.6. The molecule has 2 saturated heterocycles. The lowest BCUT2D eigenvalue weighted by atomic mass is 9.88. The molecule has 7 heteroatoms. The van der Waals surface area contributed by atoms with Gasteiger partial charge in [-0.05, 0) is 43.6 Å². The predicted octanol–water partition coefficient (Wildman–Crippen LogP) is 1.29. The van der Waals surface area contributed by atoms with Gasteiger partial charge in [-0.2, -0.15) is 0 Å². The maximum Gasteiger partial charge on any atom is 0.325 e. The van der Waals surface area contributed by atoms with Gasteiger partial charge in [0.15, 0.2) is 0 Å². The van der Waals surface area contributed by atoms with Crippen LogP contribution >= 0.6 is 12.4 Å². The van der Waals surface area contributed by atoms with Crippen LogP contribution in [-0.2, 0) is 11.3 Å². The van der Waals surface area contributed by atoms with Crippen molar-refractivity contribution in [3.8, 4) is 5.75 Å². The molecule has 22 heavy (non-hydrogen) atoms. The summed E-state index contributed by atoms with van der Waals surface area (Å²) in [6, 6.07) is 7.10. The molecule has 1 aromatic carbocycles. The van der Waals surface area contributed by atoms with Crippen molar-refractivity contribution in [2.75, 3.05) is 20.2 Å². The molecule has 6 nitrogen and oxygen atoms in total. The number of imide groups is 1. The van der Waals surface area contributed by atoms with Crippen molar-refractivity contribution in [2.24, 2.45) is 0 Å². The Balaban J connectivity index is 0.00000176. The molecule has 120 valence electrons. The zero-order valence-electron chi connectivity index (χ0n) is 12.4. The second-order valence-corrected chi connectivity index (χ2v) is 5.50. The van der Waals surface area contributed by atoms with Crippen LogP contribution in [0.5, 0.6) is 5.75 Å². The van der Waals surface area contributed by atoms with Gasteiger partial charge in [-0.3, -0.25) is 9.69 Å². The molecule has 0 radical (unpaired) electrons. The third-order valence-electron chi connectivity index (χ3n) is 4.20. The minimum atomic E-state index is -0.700. The smallest absolute Gasteiger partial charge is 0.325 e. The lowest BCUT2D eigenvalue weighted by molar-refractivity contribution is -0.132. The van der Waals surface area contributed by atoms with E-state index in [4.69, 9.17) is 4.74 Å². The lowest BCUT2D eigenvalue weighted by Crippen LogP contribution is -2.53. The van der Waals surface area contributed by atoms with Gasteiger partial charge in [-0.15, -0.1) is 12.4 Å². The molecule has 0 saturated carbocycles. The number of halogens is 1. The van der Waals surface area contributed by atoms with Crippen LogP contribution in [0.2, 0.25) is 0 Å². The molecule has 0 aromatic heterocycles. The van der Waals surface area contributed by atoms with Crippen LogP contribution in [0.3, 0.4) is 0 Å². The van der Waals surface area contributed by atoms with Gasteiger partial charge in [0, 0.05) is 0 Å². The van der Waals surface area contributed by atoms with Crippen LogP contribution in [0.25, 0.3) is 0 Å². The highest BCUT2D eigenvalue weighted by molar-refractivity contribution is 6.07. The number of nitrogens with one attached hydrogen (secondary N) is 2. The summed E-state index contributed by atoms with van der Waals surface area (Å²) in [5, 5.41) is 6.10. The van der Waals surface area contributed by atoms with Crippen molar-refractivity contribution in [1.82, 2.24) is 15.5 Å². The number of carbonyl (C=O) groups excluding carboxylic acids is 2. The Kier molecular flexibility index (Phi) is 4.93. The van der Waals surface area contributed by atoms with Gasteiger partial charge < -0.3 is 15.4 Å². The predicted molar refractivity (Wildman–Crippen MR) is 84.2 cm³/mol. The Hall–Kier alpha value is -1.79. The molecule has 0 aliphatic carbocycles. The van der Waals surface area contributed by atoms with Crippen molar-refractivity contribution in [3.05, 3.63) is 29.8 Å². The lowest BCUT2D eigenvalue weighted by Gasteiger charge is -2.31. The molecule has 0 unspecified atom stereocenters. The number of urea groups is 1. The molecular formula is C15H20ClN3O3. The molecule has 0 atom stereocenters. The van der Waals surface area contributed by atoms with Crippen molar-refractivity contribution in [2.45, 2.75) is 24.9 Å². The first-order valence-corrected chi connectivity index (χ1v) is 7.12. The van der Waals surface area contributed by atoms with E-state index >= 15 is 0 Å². The number of hydrogen-bond donors (Lipinski definition) is 2. The highest BCUT2D eigenvalue weighted by atomic mass is 35.5. The van der Waals surface area contributed by atoms with E-state index in [1.165, 1.54) is 4.90 Å². The number of ether oxygens (including phenoxy) is 1. The third-order valence-corrected chi connectivity index (χ3v) is 4.20. The molecule has 2 aliphatic heterocycles. The van der Waals surface area contributed by atoms with E-state index in [1.54, 1.807) is 7.11 Å². The summed E-state index contributed by atoms with van der Waals surface area (Å²) in [6.45, 7) is 1.80. The number of piperidine rings is 1. The number of rotatable bonds is 3. The number of carbonyl (C=O) groups is 2. The van der Waals surface area contributed by atoms with Crippen molar-refractivity contribution >= 4 is 24.3 Å². The summed E-state index contributed by atoms with van der Waals surface area (Å²) >= 11 is 0. The summed E-state index contributed by atoms with van der Waals surface area (Å²) in [7, 11) is 1.60. The standard InChI is InChI=1S/C15H19N3O3.ClH/c1-21-12-4-2-11(3-5-12)10-18-13(19)15(17-14(18)20)6-8-16-9-7-15;/h2-5,16H,6-10H2,1H3,(H,17,20);1H. The van der Waals surface area contributed by atoms with Gasteiger partial charge >= 0.3 is 6.03 Å². The molecule has 2 N–H and O–H groups in total. The highest BCUT2D eigenvalue weighted by Crippen LogP contribution is 2.28. The zero-order chi connectivity index (χ0) is 14.9. The van der Waals surface area contributed by atoms with Gasteiger partial charge in [-0.1, -0.05) is 12.1 Å². The van der Waals surface area contributed by atoms with Crippen LogP contribution in [0.1, 0.15) is 18.4 Å². The van der Waals surface area contributed by atoms with Crippen LogP contribution in [0.4, 0.5) is 4.79 Å². The molecule has 2 aliphatic rings. The average molecular weight is 326 g/mol. The van der Waals surface area contributed by atoms with Crippen LogP contribution in [0, 0.1) is 0 Å². The van der Waals surface area contributed by atoms with E-state index in [0.29, 0.717) is 19.4 Å². The van der Waals surface area contributed by atoms with E-state index in [-0.39, 0.29) is 24.3 Å². The van der Waals surface area contributed by atoms with Crippen molar-refractivity contribution < 1.29 is 14.3 Å². The first kappa shape index (κ1) is 16.6. The summed E-state index contributed by atoms with van der Waals surface area (Å²) in [6.07, 6.45) is 1.30. The summed E-state index contributed by atoms with van der Waals surface area (Å²) in [4.78, 5) is 26.1. The largest absolute Gasteiger partial charge is 0.497 e. The normalized spacial score (nSPS) is 19.8. The molecule has 0 bridgehead atoms. The van der Waals surface area contributed by atoms with Gasteiger partial charge in [0.2, 0.25) is 0 Å². The van der Waals surface area contributed by atoms with Gasteiger partial charge in [0.1, 0.15) is 11.3 Å². The molecule has 3 amide bonds. The first-order valence-electron chi connectivity index (χ1n) is 7.12. The number of hydrogen-bond acceptors (Lipinski definition) is 4. The van der Waals surface area contributed by atoms with Crippen molar-refractivity contribution in [1.29, 1.82) is 0 Å². The topological polar surface area (TPSA) is 70.7 Å². The van der Waals surface area contributed by atoms with E-state index in [1.807, 2.05) is 24.3 Å². The fourth-order valence-electron chi connectivity index (χ4n) is 2.93. The Morgan fingerprint density at radius 2 is 1.82 bits per heavy atom. The first-order chi connectivity index (χ1) is 10.1. The summed E-state index contributed by atoms with van der Waals surface area (Å²) < 4.78 is 5.10. The Morgan fingerprint density at radius 1 is 1.18 bits per heavy atom. The van der Waals surface area contributed by atoms with Crippen LogP contribution in [-0.4, -0.2) is 42.6 Å². The Bertz CT molecular complexity index is 556. The fourth-order valence-corrected chi connectivity index (χ4v) is 2.93. The number of amides is 3. The Morgan fingerprint density at radius 3 is 2.41 bits per heavy atom. The quantitative estimate of drug-likeness (QED) is 0.822. The Labute approximate surface area is 135 Å². The number of methoxy groups -OCH3 is 1. The van der Waals surface area contributed by atoms with E-state index < -0.39 is 5.54 Å². The van der Waals surface area contributed by atoms with Crippen molar-refractivity contribution in [3.63, 3.8) is 0 Å². The molecular weight excluding hydrogens is 306 g/mol. The molecule has 1 aromatic rings. The van der Waals surface area contributed by atoms with Crippen LogP contribution < -0.4 is 15.4 Å². The van der Waals surface area contributed by atoms with Gasteiger partial charge in [-0.25, -0.2) is 4.79 Å². The van der Waals surface area contributed by atoms with E-state index in [9.17, 15) is 9.59 Å². The highest BCUT2D eigenvalue weighted by Gasteiger charge is 2.51. The average Bonchev–Trinajstić information content (AvgIpc) is 2.73. The minimum Gasteiger partial charge on any atom is -0.497 e. The molecule has 1 spiro atoms. The second-order valence-electron chi connectivity index (χ2n) is 5.50. The molecule has 2 heterocycles. The number of benzene rings is 1. The summed E-state index contributed by atoms with van der Waals surface area (Å²) in [5.74, 6) is 0.649. The number of nitrogens with zero attached hydrogens (tertiary/aromatic N) is 1. The fraction of sp³-hybridized carbons (Fsp3) is 0.467. The second kappa shape index (κ2) is 6.54. The SMILES string of the molecule is COc1ccc(CN2C(=O)NC3(CCNCC3)C2=O)cc1.Cl.